The maximum atomic E-state index is 7.93. The summed E-state index contributed by atoms with van der Waals surface area (Å²) in [6.45, 7) is 4.09. The Morgan fingerprint density at radius 3 is 2.69 bits per heavy atom. The van der Waals surface area contributed by atoms with Gasteiger partial charge >= 0.3 is 0 Å². The lowest BCUT2D eigenvalue weighted by Crippen LogP contribution is -2.15. The Balaban J connectivity index is 2.76. The second-order valence-electron chi connectivity index (χ2n) is 4.10. The van der Waals surface area contributed by atoms with Gasteiger partial charge in [0.05, 0.1) is 6.10 Å². The maximum absolute atomic E-state index is 7.93. The third-order valence-corrected chi connectivity index (χ3v) is 2.52. The molecule has 16 heavy (non-hydrogen) atoms. The second kappa shape index (κ2) is 6.41. The zero-order valence-electron chi connectivity index (χ0n) is 11.7. The minimum absolute atomic E-state index is 0.0163. The van der Waals surface area contributed by atoms with Gasteiger partial charge in [-0.15, -0.1) is 0 Å². The Kier molecular flexibility index (Phi) is 4.53. The quantitative estimate of drug-likeness (QED) is 0.727. The molecule has 0 spiro atoms. The minimum atomic E-state index is -0.150. The summed E-state index contributed by atoms with van der Waals surface area (Å²) in [6.07, 6.45) is 1.53. The van der Waals surface area contributed by atoms with Crippen LogP contribution in [0.15, 0.2) is 24.3 Å². The standard InChI is InChI=1S/C14H23NO/c1-5-8-13(6-2)16-14-10-7-9-12(11-14)15(3)4/h7,9-11,13H,5-6,8H2,1-4H3/t13-/m1/s1/i8D/t8-,13-. The van der Waals surface area contributed by atoms with Gasteiger partial charge < -0.3 is 9.64 Å². The highest BCUT2D eigenvalue weighted by atomic mass is 16.5. The third-order valence-electron chi connectivity index (χ3n) is 2.52. The second-order valence-corrected chi connectivity index (χ2v) is 4.10. The number of hydrogen-bond donors (Lipinski definition) is 0. The van der Waals surface area contributed by atoms with Crippen molar-refractivity contribution in [2.24, 2.45) is 0 Å². The SMILES string of the molecule is [2H][C@H](CC)[C@@H](CC)Oc1cccc(N(C)C)c1. The Morgan fingerprint density at radius 1 is 1.38 bits per heavy atom. The van der Waals surface area contributed by atoms with Gasteiger partial charge in [-0.1, -0.05) is 26.3 Å². The fourth-order valence-electron chi connectivity index (χ4n) is 1.57. The molecule has 0 bridgehead atoms. The third kappa shape index (κ3) is 3.76. The van der Waals surface area contributed by atoms with Gasteiger partial charge in [-0.3, -0.25) is 0 Å². The van der Waals surface area contributed by atoms with Crippen molar-refractivity contribution in [2.45, 2.75) is 39.2 Å². The number of anilines is 1. The summed E-state index contributed by atoms with van der Waals surface area (Å²) >= 11 is 0. The topological polar surface area (TPSA) is 12.5 Å². The molecule has 0 aliphatic rings. The van der Waals surface area contributed by atoms with Crippen LogP contribution < -0.4 is 9.64 Å². The van der Waals surface area contributed by atoms with Crippen LogP contribution in [0, 0.1) is 0 Å². The van der Waals surface area contributed by atoms with E-state index in [4.69, 9.17) is 6.11 Å². The van der Waals surface area contributed by atoms with Crippen LogP contribution in [0.2, 0.25) is 0 Å². The number of hydrogen-bond acceptors (Lipinski definition) is 2. The molecule has 1 aromatic rings. The van der Waals surface area contributed by atoms with E-state index in [9.17, 15) is 0 Å². The van der Waals surface area contributed by atoms with Crippen molar-refractivity contribution in [2.75, 3.05) is 19.0 Å². The van der Waals surface area contributed by atoms with Gasteiger partial charge in [0.1, 0.15) is 5.75 Å². The summed E-state index contributed by atoms with van der Waals surface area (Å²) in [4.78, 5) is 2.05. The van der Waals surface area contributed by atoms with Crippen molar-refractivity contribution in [3.05, 3.63) is 24.3 Å². The molecule has 1 rings (SSSR count). The number of benzene rings is 1. The van der Waals surface area contributed by atoms with E-state index in [-0.39, 0.29) is 12.5 Å². The van der Waals surface area contributed by atoms with Crippen LogP contribution in [0.4, 0.5) is 5.69 Å². The van der Waals surface area contributed by atoms with Gasteiger partial charge in [-0.05, 0) is 25.0 Å². The average molecular weight is 222 g/mol. The van der Waals surface area contributed by atoms with Crippen molar-refractivity contribution in [3.63, 3.8) is 0 Å². The summed E-state index contributed by atoms with van der Waals surface area (Å²) in [6, 6.07) is 8.01. The van der Waals surface area contributed by atoms with Crippen molar-refractivity contribution < 1.29 is 6.11 Å². The smallest absolute Gasteiger partial charge is 0.121 e. The zero-order valence-corrected chi connectivity index (χ0v) is 10.7. The highest BCUT2D eigenvalue weighted by Gasteiger charge is 2.07. The predicted molar refractivity (Wildman–Crippen MR) is 70.4 cm³/mol. The molecule has 0 saturated carbocycles. The molecule has 0 saturated heterocycles. The van der Waals surface area contributed by atoms with Crippen LogP contribution >= 0.6 is 0 Å². The van der Waals surface area contributed by atoms with Crippen molar-refractivity contribution in [1.82, 2.24) is 0 Å². The van der Waals surface area contributed by atoms with E-state index in [1.807, 2.05) is 50.2 Å². The Labute approximate surface area is 101 Å². The van der Waals surface area contributed by atoms with Gasteiger partial charge in [-0.2, -0.15) is 0 Å². The molecule has 0 amide bonds. The highest BCUT2D eigenvalue weighted by molar-refractivity contribution is 5.49. The first kappa shape index (κ1) is 11.3. The fraction of sp³-hybridized carbons (Fsp3) is 0.571. The number of ether oxygens (including phenoxy) is 1. The molecule has 1 aromatic carbocycles. The Hall–Kier alpha value is -1.18. The molecule has 0 fully saturated rings. The van der Waals surface area contributed by atoms with Gasteiger partial charge in [0, 0.05) is 27.2 Å². The van der Waals surface area contributed by atoms with Crippen molar-refractivity contribution in [1.29, 1.82) is 0 Å². The van der Waals surface area contributed by atoms with Crippen LogP contribution in [0.25, 0.3) is 0 Å². The molecular formula is C14H23NO. The van der Waals surface area contributed by atoms with E-state index >= 15 is 0 Å². The molecule has 2 heteroatoms. The molecule has 0 aromatic heterocycles. The molecule has 0 aliphatic carbocycles. The molecule has 0 unspecified atom stereocenters. The lowest BCUT2D eigenvalue weighted by Gasteiger charge is -2.19. The fourth-order valence-corrected chi connectivity index (χ4v) is 1.57. The molecule has 2 atom stereocenters. The molecule has 90 valence electrons. The summed E-state index contributed by atoms with van der Waals surface area (Å²) in [5, 5.41) is 0. The van der Waals surface area contributed by atoms with Gasteiger partial charge in [-0.25, -0.2) is 0 Å². The van der Waals surface area contributed by atoms with E-state index in [0.717, 1.165) is 24.3 Å². The minimum Gasteiger partial charge on any atom is -0.490 e. The number of nitrogens with zero attached hydrogens (tertiary/aromatic N) is 1. The Morgan fingerprint density at radius 2 is 2.12 bits per heavy atom. The van der Waals surface area contributed by atoms with E-state index < -0.39 is 0 Å². The zero-order chi connectivity index (χ0) is 12.8. The Bertz CT molecular complexity index is 341. The van der Waals surface area contributed by atoms with Crippen LogP contribution in [0.5, 0.6) is 5.75 Å². The first-order valence-electron chi connectivity index (χ1n) is 6.52. The molecule has 0 N–H and O–H groups in total. The van der Waals surface area contributed by atoms with Crippen LogP contribution in [0.1, 0.15) is 34.5 Å². The summed E-state index contributed by atoms with van der Waals surface area (Å²) in [7, 11) is 4.02. The molecular weight excluding hydrogens is 198 g/mol. The maximum Gasteiger partial charge on any atom is 0.121 e. The molecule has 2 nitrogen and oxygen atoms in total. The number of rotatable bonds is 6. The van der Waals surface area contributed by atoms with E-state index in [0.29, 0.717) is 0 Å². The highest BCUT2D eigenvalue weighted by Crippen LogP contribution is 2.21. The van der Waals surface area contributed by atoms with E-state index in [2.05, 4.69) is 6.92 Å². The lowest BCUT2D eigenvalue weighted by molar-refractivity contribution is 0.186. The van der Waals surface area contributed by atoms with Crippen LogP contribution in [-0.4, -0.2) is 20.2 Å². The van der Waals surface area contributed by atoms with Gasteiger partial charge in [0.2, 0.25) is 0 Å². The van der Waals surface area contributed by atoms with Gasteiger partial charge in [0.25, 0.3) is 0 Å². The predicted octanol–water partition coefficient (Wildman–Crippen LogP) is 3.71. The molecule has 0 heterocycles. The first-order chi connectivity index (χ1) is 8.08. The normalized spacial score (nSPS) is 15.1. The molecule has 0 radical (unpaired) electrons. The van der Waals surface area contributed by atoms with E-state index in [1.165, 1.54) is 0 Å². The summed E-state index contributed by atoms with van der Waals surface area (Å²) < 4.78 is 13.8. The van der Waals surface area contributed by atoms with Crippen molar-refractivity contribution >= 4 is 5.69 Å². The first-order valence-corrected chi connectivity index (χ1v) is 5.94. The molecule has 0 aliphatic heterocycles. The largest absolute Gasteiger partial charge is 0.490 e. The van der Waals surface area contributed by atoms with Crippen LogP contribution in [-0.2, 0) is 0 Å². The monoisotopic (exact) mass is 222 g/mol. The average Bonchev–Trinajstić information content (AvgIpc) is 2.35. The lowest BCUT2D eigenvalue weighted by atomic mass is 10.1. The van der Waals surface area contributed by atoms with Crippen LogP contribution in [0.3, 0.4) is 0 Å². The van der Waals surface area contributed by atoms with Crippen molar-refractivity contribution in [3.8, 4) is 5.75 Å². The summed E-state index contributed by atoms with van der Waals surface area (Å²) in [5.41, 5.74) is 1.12. The summed E-state index contributed by atoms with van der Waals surface area (Å²) in [5.74, 6) is 0.855. The van der Waals surface area contributed by atoms with Gasteiger partial charge in [0.15, 0.2) is 0 Å². The van der Waals surface area contributed by atoms with E-state index in [1.54, 1.807) is 0 Å².